The summed E-state index contributed by atoms with van der Waals surface area (Å²) in [6, 6.07) is 13.2. The van der Waals surface area contributed by atoms with Crippen LogP contribution >= 0.6 is 11.3 Å². The first-order chi connectivity index (χ1) is 13.9. The van der Waals surface area contributed by atoms with Gasteiger partial charge in [-0.15, -0.1) is 29.6 Å². The fourth-order valence-electron chi connectivity index (χ4n) is 2.82. The van der Waals surface area contributed by atoms with Gasteiger partial charge in [0, 0.05) is 23.6 Å². The maximum Gasteiger partial charge on any atom is 0.573 e. The third kappa shape index (κ3) is 4.43. The van der Waals surface area contributed by atoms with Crippen molar-refractivity contribution in [2.24, 2.45) is 7.05 Å². The van der Waals surface area contributed by atoms with Crippen molar-refractivity contribution in [1.82, 2.24) is 25.2 Å². The smallest absolute Gasteiger partial charge is 0.405 e. The molecule has 0 spiro atoms. The zero-order valence-corrected chi connectivity index (χ0v) is 15.9. The van der Waals surface area contributed by atoms with Gasteiger partial charge in [-0.1, -0.05) is 36.4 Å². The topological polar surface area (TPSA) is 65.7 Å². The number of alkyl halides is 3. The number of para-hydroxylation sites is 1. The minimum atomic E-state index is -4.76. The molecule has 0 bridgehead atoms. The summed E-state index contributed by atoms with van der Waals surface area (Å²) in [6.07, 6.45) is -4.26. The quantitative estimate of drug-likeness (QED) is 0.479. The standard InChI is InChI=1S/C19H14F3N5OS/c1-27-17(24-25-26-27)10-18-23-15(11-29-18)13-6-4-5-12(9-13)14-7-2-3-8-16(14)28-19(20,21)22/h2-9,11H,10H2,1H3. The number of hydrogen-bond donors (Lipinski definition) is 0. The van der Waals surface area contributed by atoms with E-state index in [1.54, 1.807) is 42.1 Å². The summed E-state index contributed by atoms with van der Waals surface area (Å²) in [7, 11) is 1.76. The van der Waals surface area contributed by atoms with Crippen molar-refractivity contribution in [3.8, 4) is 28.1 Å². The van der Waals surface area contributed by atoms with E-state index in [1.807, 2.05) is 11.4 Å². The second-order valence-electron chi connectivity index (χ2n) is 6.15. The van der Waals surface area contributed by atoms with Crippen molar-refractivity contribution >= 4 is 11.3 Å². The van der Waals surface area contributed by atoms with Crippen molar-refractivity contribution in [3.05, 3.63) is 64.7 Å². The van der Waals surface area contributed by atoms with Crippen molar-refractivity contribution in [2.45, 2.75) is 12.8 Å². The number of rotatable bonds is 5. The first-order valence-electron chi connectivity index (χ1n) is 8.50. The first-order valence-corrected chi connectivity index (χ1v) is 9.38. The molecule has 0 atom stereocenters. The van der Waals surface area contributed by atoms with E-state index in [9.17, 15) is 13.2 Å². The SMILES string of the molecule is Cn1nnnc1Cc1nc(-c2cccc(-c3ccccc3OC(F)(F)F)c2)cs1. The molecule has 29 heavy (non-hydrogen) atoms. The van der Waals surface area contributed by atoms with Crippen LogP contribution < -0.4 is 4.74 Å². The number of tetrazole rings is 1. The molecular formula is C19H14F3N5OS. The van der Waals surface area contributed by atoms with Crippen LogP contribution in [0.5, 0.6) is 5.75 Å². The summed E-state index contributed by atoms with van der Waals surface area (Å²) < 4.78 is 43.9. The Morgan fingerprint density at radius 1 is 1.07 bits per heavy atom. The molecule has 0 fully saturated rings. The minimum Gasteiger partial charge on any atom is -0.405 e. The molecule has 2 aromatic carbocycles. The second-order valence-corrected chi connectivity index (χ2v) is 7.09. The first kappa shape index (κ1) is 19.1. The molecule has 2 aromatic heterocycles. The molecule has 0 aliphatic heterocycles. The maximum absolute atomic E-state index is 12.7. The van der Waals surface area contributed by atoms with Gasteiger partial charge in [0.1, 0.15) is 10.8 Å². The number of hydrogen-bond acceptors (Lipinski definition) is 6. The number of benzene rings is 2. The zero-order chi connectivity index (χ0) is 20.4. The summed E-state index contributed by atoms with van der Waals surface area (Å²) in [5, 5.41) is 14.1. The van der Waals surface area contributed by atoms with Gasteiger partial charge < -0.3 is 4.74 Å². The predicted octanol–water partition coefficient (Wildman–Crippen LogP) is 4.49. The monoisotopic (exact) mass is 417 g/mol. The summed E-state index contributed by atoms with van der Waals surface area (Å²) in [5.74, 6) is 0.448. The van der Waals surface area contributed by atoms with Gasteiger partial charge in [-0.05, 0) is 28.1 Å². The van der Waals surface area contributed by atoms with Gasteiger partial charge in [0.15, 0.2) is 5.82 Å². The Labute approximate surface area is 167 Å². The van der Waals surface area contributed by atoms with Crippen LogP contribution in [0.1, 0.15) is 10.8 Å². The van der Waals surface area contributed by atoms with Gasteiger partial charge in [-0.25, -0.2) is 9.67 Å². The predicted molar refractivity (Wildman–Crippen MR) is 101 cm³/mol. The van der Waals surface area contributed by atoms with Gasteiger partial charge in [0.25, 0.3) is 0 Å². The molecular weight excluding hydrogens is 403 g/mol. The normalized spacial score (nSPS) is 11.6. The highest BCUT2D eigenvalue weighted by atomic mass is 32.1. The van der Waals surface area contributed by atoms with E-state index < -0.39 is 6.36 Å². The lowest BCUT2D eigenvalue weighted by Gasteiger charge is -2.13. The van der Waals surface area contributed by atoms with E-state index in [4.69, 9.17) is 0 Å². The average molecular weight is 417 g/mol. The Balaban J connectivity index is 1.63. The van der Waals surface area contributed by atoms with Gasteiger partial charge in [-0.2, -0.15) is 0 Å². The number of nitrogens with zero attached hydrogens (tertiary/aromatic N) is 5. The van der Waals surface area contributed by atoms with Gasteiger partial charge in [0.05, 0.1) is 12.1 Å². The molecule has 2 heterocycles. The maximum atomic E-state index is 12.7. The number of aromatic nitrogens is 5. The molecule has 0 saturated carbocycles. The van der Waals surface area contributed by atoms with Gasteiger partial charge in [-0.3, -0.25) is 0 Å². The van der Waals surface area contributed by atoms with Gasteiger partial charge in [0.2, 0.25) is 0 Å². The highest BCUT2D eigenvalue weighted by Crippen LogP contribution is 2.35. The zero-order valence-electron chi connectivity index (χ0n) is 15.1. The molecule has 4 rings (SSSR count). The van der Waals surface area contributed by atoms with Crippen molar-refractivity contribution in [1.29, 1.82) is 0 Å². The Morgan fingerprint density at radius 2 is 1.86 bits per heavy atom. The van der Waals surface area contributed by atoms with E-state index in [0.29, 0.717) is 23.4 Å². The van der Waals surface area contributed by atoms with E-state index in [2.05, 4.69) is 25.2 Å². The Morgan fingerprint density at radius 3 is 2.62 bits per heavy atom. The number of thiazole rings is 1. The average Bonchev–Trinajstić information content (AvgIpc) is 3.31. The third-order valence-corrected chi connectivity index (χ3v) is 5.00. The molecule has 0 aliphatic carbocycles. The van der Waals surface area contributed by atoms with E-state index >= 15 is 0 Å². The molecule has 148 valence electrons. The van der Waals surface area contributed by atoms with E-state index in [0.717, 1.165) is 16.3 Å². The van der Waals surface area contributed by atoms with Crippen LogP contribution in [-0.2, 0) is 13.5 Å². The molecule has 0 amide bonds. The summed E-state index contributed by atoms with van der Waals surface area (Å²) in [4.78, 5) is 4.61. The molecule has 0 saturated heterocycles. The molecule has 6 nitrogen and oxygen atoms in total. The molecule has 10 heteroatoms. The van der Waals surface area contributed by atoms with Crippen LogP contribution in [-0.4, -0.2) is 31.6 Å². The number of halogens is 3. The van der Waals surface area contributed by atoms with Crippen LogP contribution in [0.4, 0.5) is 13.2 Å². The second kappa shape index (κ2) is 7.63. The Bertz CT molecular complexity index is 1140. The summed E-state index contributed by atoms with van der Waals surface area (Å²) >= 11 is 1.47. The lowest BCUT2D eigenvalue weighted by atomic mass is 10.0. The highest BCUT2D eigenvalue weighted by Gasteiger charge is 2.32. The van der Waals surface area contributed by atoms with Crippen molar-refractivity contribution in [2.75, 3.05) is 0 Å². The molecule has 4 aromatic rings. The number of aryl methyl sites for hydroxylation is 1. The van der Waals surface area contributed by atoms with Crippen molar-refractivity contribution in [3.63, 3.8) is 0 Å². The third-order valence-electron chi connectivity index (χ3n) is 4.15. The van der Waals surface area contributed by atoms with Crippen LogP contribution in [0.2, 0.25) is 0 Å². The van der Waals surface area contributed by atoms with Crippen LogP contribution in [0.3, 0.4) is 0 Å². The summed E-state index contributed by atoms with van der Waals surface area (Å²) in [5.41, 5.74) is 2.49. The van der Waals surface area contributed by atoms with E-state index in [-0.39, 0.29) is 5.75 Å². The Hall–Kier alpha value is -3.27. The largest absolute Gasteiger partial charge is 0.573 e. The van der Waals surface area contributed by atoms with Crippen LogP contribution in [0.15, 0.2) is 53.9 Å². The molecule has 0 unspecified atom stereocenters. The lowest BCUT2D eigenvalue weighted by molar-refractivity contribution is -0.274. The fourth-order valence-corrected chi connectivity index (χ4v) is 3.62. The summed E-state index contributed by atoms with van der Waals surface area (Å²) in [6.45, 7) is 0. The molecule has 0 radical (unpaired) electrons. The minimum absolute atomic E-state index is 0.245. The van der Waals surface area contributed by atoms with Gasteiger partial charge >= 0.3 is 6.36 Å². The lowest BCUT2D eigenvalue weighted by Crippen LogP contribution is -2.17. The highest BCUT2D eigenvalue weighted by molar-refractivity contribution is 7.10. The Kier molecular flexibility index (Phi) is 5.01. The molecule has 0 N–H and O–H groups in total. The number of ether oxygens (including phenoxy) is 1. The van der Waals surface area contributed by atoms with Crippen LogP contribution in [0.25, 0.3) is 22.4 Å². The van der Waals surface area contributed by atoms with Crippen LogP contribution in [0, 0.1) is 0 Å². The fraction of sp³-hybridized carbons (Fsp3) is 0.158. The molecule has 0 aliphatic rings. The van der Waals surface area contributed by atoms with Crippen molar-refractivity contribution < 1.29 is 17.9 Å². The van der Waals surface area contributed by atoms with E-state index in [1.165, 1.54) is 23.5 Å².